The van der Waals surface area contributed by atoms with Crippen molar-refractivity contribution in [2.75, 3.05) is 25.5 Å². The van der Waals surface area contributed by atoms with Crippen LogP contribution in [0.15, 0.2) is 12.4 Å². The minimum atomic E-state index is 0.183. The van der Waals surface area contributed by atoms with Gasteiger partial charge in [-0.25, -0.2) is 4.98 Å². The first kappa shape index (κ1) is 16.7. The number of aromatic nitrogens is 2. The van der Waals surface area contributed by atoms with Crippen molar-refractivity contribution in [3.8, 4) is 0 Å². The van der Waals surface area contributed by atoms with Gasteiger partial charge >= 0.3 is 0 Å². The first-order chi connectivity index (χ1) is 10.7. The molecule has 1 aliphatic rings. The lowest BCUT2D eigenvalue weighted by molar-refractivity contribution is -0.137. The number of nitrogens with zero attached hydrogens (tertiary/aromatic N) is 3. The fourth-order valence-electron chi connectivity index (χ4n) is 3.33. The fourth-order valence-corrected chi connectivity index (χ4v) is 3.33. The van der Waals surface area contributed by atoms with Gasteiger partial charge in [0.1, 0.15) is 5.82 Å². The normalized spacial score (nSPS) is 18.5. The Bertz CT molecular complexity index is 487. The Morgan fingerprint density at radius 3 is 2.77 bits per heavy atom. The Labute approximate surface area is 133 Å². The monoisotopic (exact) mass is 304 g/mol. The molecule has 5 nitrogen and oxygen atoms in total. The summed E-state index contributed by atoms with van der Waals surface area (Å²) in [5, 5.41) is 3.10. The molecule has 1 saturated heterocycles. The van der Waals surface area contributed by atoms with Crippen LogP contribution in [0.3, 0.4) is 0 Å². The third-order valence-electron chi connectivity index (χ3n) is 4.66. The number of likely N-dealkylation sites (tertiary alicyclic amines) is 1. The highest BCUT2D eigenvalue weighted by atomic mass is 16.2. The predicted molar refractivity (Wildman–Crippen MR) is 88.7 cm³/mol. The molecule has 1 aromatic heterocycles. The molecule has 122 valence electrons. The lowest BCUT2D eigenvalue weighted by Crippen LogP contribution is -2.43. The third-order valence-corrected chi connectivity index (χ3v) is 4.66. The van der Waals surface area contributed by atoms with Crippen molar-refractivity contribution in [2.24, 2.45) is 11.8 Å². The summed E-state index contributed by atoms with van der Waals surface area (Å²) < 4.78 is 0. The molecule has 0 aliphatic carbocycles. The molecule has 1 aromatic rings. The average Bonchev–Trinajstić information content (AvgIpc) is 2.56. The quantitative estimate of drug-likeness (QED) is 0.878. The Hall–Kier alpha value is -1.65. The van der Waals surface area contributed by atoms with E-state index in [2.05, 4.69) is 34.0 Å². The summed E-state index contributed by atoms with van der Waals surface area (Å²) in [6.45, 7) is 5.97. The van der Waals surface area contributed by atoms with Crippen LogP contribution in [0.5, 0.6) is 0 Å². The number of carbonyl (C=O) groups is 1. The smallest absolute Gasteiger partial charge is 0.225 e. The van der Waals surface area contributed by atoms with E-state index in [4.69, 9.17) is 0 Å². The van der Waals surface area contributed by atoms with Crippen LogP contribution in [0.4, 0.5) is 5.82 Å². The van der Waals surface area contributed by atoms with Gasteiger partial charge in [0.25, 0.3) is 0 Å². The first-order valence-electron chi connectivity index (χ1n) is 8.45. The molecule has 0 bridgehead atoms. The van der Waals surface area contributed by atoms with E-state index < -0.39 is 0 Å². The Balaban J connectivity index is 2.00. The predicted octanol–water partition coefficient (Wildman–Crippen LogP) is 2.74. The van der Waals surface area contributed by atoms with Crippen molar-refractivity contribution in [2.45, 2.75) is 46.0 Å². The standard InChI is InChI=1S/C17H28N4O/c1-4-14(5-2)17(22)21-10-6-7-13(12-21)11-15-16(18-3)20-9-8-19-15/h8-9,13-14H,4-7,10-12H2,1-3H3,(H,18,20)/t13-/m0/s1. The highest BCUT2D eigenvalue weighted by molar-refractivity contribution is 5.78. The molecule has 1 N–H and O–H groups in total. The van der Waals surface area contributed by atoms with Gasteiger partial charge in [-0.3, -0.25) is 9.78 Å². The van der Waals surface area contributed by atoms with Crippen molar-refractivity contribution in [1.29, 1.82) is 0 Å². The molecular formula is C17H28N4O. The second kappa shape index (κ2) is 8.11. The van der Waals surface area contributed by atoms with Gasteiger partial charge in [-0.1, -0.05) is 13.8 Å². The van der Waals surface area contributed by atoms with E-state index in [9.17, 15) is 4.79 Å². The molecule has 0 unspecified atom stereocenters. The Morgan fingerprint density at radius 2 is 2.09 bits per heavy atom. The molecule has 0 radical (unpaired) electrons. The molecule has 2 rings (SSSR count). The van der Waals surface area contributed by atoms with Crippen molar-refractivity contribution in [3.63, 3.8) is 0 Å². The third kappa shape index (κ3) is 3.96. The van der Waals surface area contributed by atoms with E-state index in [1.54, 1.807) is 12.4 Å². The van der Waals surface area contributed by atoms with E-state index in [0.717, 1.165) is 56.7 Å². The van der Waals surface area contributed by atoms with E-state index >= 15 is 0 Å². The maximum atomic E-state index is 12.6. The molecule has 1 amide bonds. The van der Waals surface area contributed by atoms with Crippen LogP contribution < -0.4 is 5.32 Å². The number of rotatable bonds is 6. The van der Waals surface area contributed by atoms with Crippen LogP contribution in [-0.2, 0) is 11.2 Å². The molecule has 1 atom stereocenters. The van der Waals surface area contributed by atoms with Gasteiger partial charge in [0.2, 0.25) is 5.91 Å². The zero-order valence-corrected chi connectivity index (χ0v) is 14.0. The van der Waals surface area contributed by atoms with E-state index in [1.807, 2.05) is 7.05 Å². The van der Waals surface area contributed by atoms with Crippen molar-refractivity contribution < 1.29 is 4.79 Å². The molecule has 0 aromatic carbocycles. The molecule has 1 fully saturated rings. The lowest BCUT2D eigenvalue weighted by Gasteiger charge is -2.34. The summed E-state index contributed by atoms with van der Waals surface area (Å²) in [5.41, 5.74) is 1.01. The van der Waals surface area contributed by atoms with Crippen molar-refractivity contribution in [1.82, 2.24) is 14.9 Å². The number of piperidine rings is 1. The molecule has 22 heavy (non-hydrogen) atoms. The van der Waals surface area contributed by atoms with E-state index in [1.165, 1.54) is 0 Å². The van der Waals surface area contributed by atoms with Gasteiger partial charge in [-0.15, -0.1) is 0 Å². The summed E-state index contributed by atoms with van der Waals surface area (Å²) in [4.78, 5) is 23.4. The zero-order valence-electron chi connectivity index (χ0n) is 14.0. The van der Waals surface area contributed by atoms with Crippen molar-refractivity contribution in [3.05, 3.63) is 18.1 Å². The molecule has 0 spiro atoms. The highest BCUT2D eigenvalue weighted by Gasteiger charge is 2.27. The zero-order chi connectivity index (χ0) is 15.9. The minimum Gasteiger partial charge on any atom is -0.372 e. The van der Waals surface area contributed by atoms with Gasteiger partial charge in [0, 0.05) is 38.4 Å². The fraction of sp³-hybridized carbons (Fsp3) is 0.706. The second-order valence-electron chi connectivity index (χ2n) is 6.11. The maximum Gasteiger partial charge on any atom is 0.225 e. The van der Waals surface area contributed by atoms with Crippen LogP contribution in [0.25, 0.3) is 0 Å². The summed E-state index contributed by atoms with van der Waals surface area (Å²) in [5.74, 6) is 1.85. The molecule has 5 heteroatoms. The number of carbonyl (C=O) groups excluding carboxylic acids is 1. The second-order valence-corrected chi connectivity index (χ2v) is 6.11. The number of amides is 1. The van der Waals surface area contributed by atoms with Crippen LogP contribution in [0, 0.1) is 11.8 Å². The Kier molecular flexibility index (Phi) is 6.16. The van der Waals surface area contributed by atoms with Crippen molar-refractivity contribution >= 4 is 11.7 Å². The van der Waals surface area contributed by atoms with E-state index in [0.29, 0.717) is 11.8 Å². The summed E-state index contributed by atoms with van der Waals surface area (Å²) in [6.07, 6.45) is 8.45. The number of hydrogen-bond donors (Lipinski definition) is 1. The van der Waals surface area contributed by atoms with Crippen LogP contribution >= 0.6 is 0 Å². The number of anilines is 1. The maximum absolute atomic E-state index is 12.6. The van der Waals surface area contributed by atoms with Crippen LogP contribution in [-0.4, -0.2) is 40.9 Å². The average molecular weight is 304 g/mol. The summed E-state index contributed by atoms with van der Waals surface area (Å²) in [6, 6.07) is 0. The van der Waals surface area contributed by atoms with Gasteiger partial charge in [-0.05, 0) is 38.0 Å². The van der Waals surface area contributed by atoms with Gasteiger partial charge < -0.3 is 10.2 Å². The summed E-state index contributed by atoms with van der Waals surface area (Å²) in [7, 11) is 1.87. The van der Waals surface area contributed by atoms with Crippen LogP contribution in [0.2, 0.25) is 0 Å². The van der Waals surface area contributed by atoms with Crippen LogP contribution in [0.1, 0.15) is 45.2 Å². The van der Waals surface area contributed by atoms with Gasteiger partial charge in [0.05, 0.1) is 5.69 Å². The number of nitrogens with one attached hydrogen (secondary N) is 1. The van der Waals surface area contributed by atoms with E-state index in [-0.39, 0.29) is 5.92 Å². The molecular weight excluding hydrogens is 276 g/mol. The van der Waals surface area contributed by atoms with Gasteiger partial charge in [0.15, 0.2) is 0 Å². The topological polar surface area (TPSA) is 58.1 Å². The lowest BCUT2D eigenvalue weighted by atomic mass is 9.91. The summed E-state index contributed by atoms with van der Waals surface area (Å²) >= 11 is 0. The SMILES string of the molecule is CCC(CC)C(=O)N1CCC[C@@H](Cc2nccnc2NC)C1. The highest BCUT2D eigenvalue weighted by Crippen LogP contribution is 2.24. The van der Waals surface area contributed by atoms with Gasteiger partial charge in [-0.2, -0.15) is 0 Å². The molecule has 2 heterocycles. The largest absolute Gasteiger partial charge is 0.372 e. The molecule has 0 saturated carbocycles. The minimum absolute atomic E-state index is 0.183. The Morgan fingerprint density at radius 1 is 1.36 bits per heavy atom. The molecule has 1 aliphatic heterocycles. The number of hydrogen-bond acceptors (Lipinski definition) is 4. The first-order valence-corrected chi connectivity index (χ1v) is 8.45.